The van der Waals surface area contributed by atoms with Crippen LogP contribution in [0.25, 0.3) is 0 Å². The minimum absolute atomic E-state index is 0.110. The molecule has 1 aromatic rings. The van der Waals surface area contributed by atoms with Gasteiger partial charge in [0, 0.05) is 6.54 Å². The highest BCUT2D eigenvalue weighted by atomic mass is 16.5. The summed E-state index contributed by atoms with van der Waals surface area (Å²) in [6.45, 7) is 2.04. The molecule has 0 aliphatic heterocycles. The Bertz CT molecular complexity index is 613. The molecule has 0 bridgehead atoms. The van der Waals surface area contributed by atoms with Crippen molar-refractivity contribution in [3.63, 3.8) is 0 Å². The van der Waals surface area contributed by atoms with E-state index in [0.29, 0.717) is 6.54 Å². The smallest absolute Gasteiger partial charge is 0.310 e. The van der Waals surface area contributed by atoms with Gasteiger partial charge in [0.05, 0.1) is 13.0 Å². The van der Waals surface area contributed by atoms with Crippen LogP contribution in [0, 0.1) is 0 Å². The maximum absolute atomic E-state index is 11.8. The van der Waals surface area contributed by atoms with Gasteiger partial charge in [-0.25, -0.2) is 0 Å². The zero-order valence-corrected chi connectivity index (χ0v) is 14.0. The predicted octanol–water partition coefficient (Wildman–Crippen LogP) is 0.903. The first-order valence-corrected chi connectivity index (χ1v) is 8.38. The van der Waals surface area contributed by atoms with Crippen molar-refractivity contribution in [2.75, 3.05) is 19.7 Å². The average Bonchev–Trinajstić information content (AvgIpc) is 3.04. The van der Waals surface area contributed by atoms with Gasteiger partial charge in [0.2, 0.25) is 5.91 Å². The van der Waals surface area contributed by atoms with Gasteiger partial charge in [-0.05, 0) is 42.4 Å². The molecule has 1 aromatic carbocycles. The maximum Gasteiger partial charge on any atom is 0.310 e. The highest BCUT2D eigenvalue weighted by molar-refractivity contribution is 5.86. The Labute approximate surface area is 142 Å². The summed E-state index contributed by atoms with van der Waals surface area (Å²) in [6, 6.07) is 6.04. The molecule has 1 aliphatic carbocycles. The molecule has 0 unspecified atom stereocenters. The number of carbonyl (C=O) groups excluding carboxylic acids is 3. The number of carbonyl (C=O) groups is 3. The molecule has 2 N–H and O–H groups in total. The van der Waals surface area contributed by atoms with Crippen molar-refractivity contribution in [1.29, 1.82) is 0 Å². The van der Waals surface area contributed by atoms with E-state index >= 15 is 0 Å². The lowest BCUT2D eigenvalue weighted by Gasteiger charge is -2.08. The lowest BCUT2D eigenvalue weighted by Crippen LogP contribution is -2.39. The molecule has 24 heavy (non-hydrogen) atoms. The quantitative estimate of drug-likeness (QED) is 0.693. The van der Waals surface area contributed by atoms with Gasteiger partial charge in [-0.2, -0.15) is 0 Å². The van der Waals surface area contributed by atoms with Gasteiger partial charge in [0.25, 0.3) is 5.91 Å². The highest BCUT2D eigenvalue weighted by Crippen LogP contribution is 2.23. The third kappa shape index (κ3) is 5.68. The number of hydrogen-bond acceptors (Lipinski definition) is 4. The topological polar surface area (TPSA) is 84.5 Å². The number of esters is 1. The first-order valence-electron chi connectivity index (χ1n) is 8.38. The van der Waals surface area contributed by atoms with Crippen molar-refractivity contribution < 1.29 is 19.1 Å². The molecule has 0 atom stereocenters. The molecular formula is C18H24N2O4. The third-order valence-corrected chi connectivity index (χ3v) is 3.89. The number of ether oxygens (including phenoxy) is 1. The Morgan fingerprint density at radius 1 is 1.08 bits per heavy atom. The Hall–Kier alpha value is -2.37. The number of benzene rings is 1. The Balaban J connectivity index is 1.67. The van der Waals surface area contributed by atoms with Crippen molar-refractivity contribution in [3.05, 3.63) is 34.9 Å². The molecular weight excluding hydrogens is 308 g/mol. The first kappa shape index (κ1) is 18.0. The Morgan fingerprint density at radius 3 is 2.67 bits per heavy atom. The summed E-state index contributed by atoms with van der Waals surface area (Å²) in [4.78, 5) is 34.7. The van der Waals surface area contributed by atoms with Crippen molar-refractivity contribution >= 4 is 17.8 Å². The van der Waals surface area contributed by atoms with E-state index < -0.39 is 11.9 Å². The minimum Gasteiger partial charge on any atom is -0.455 e. The largest absolute Gasteiger partial charge is 0.455 e. The molecule has 0 saturated carbocycles. The first-order chi connectivity index (χ1) is 11.6. The van der Waals surface area contributed by atoms with Gasteiger partial charge in [-0.1, -0.05) is 25.1 Å². The van der Waals surface area contributed by atoms with E-state index in [1.165, 1.54) is 11.1 Å². The van der Waals surface area contributed by atoms with Gasteiger partial charge >= 0.3 is 5.97 Å². The van der Waals surface area contributed by atoms with Crippen LogP contribution in [-0.4, -0.2) is 37.5 Å². The van der Waals surface area contributed by atoms with E-state index in [1.807, 2.05) is 19.1 Å². The summed E-state index contributed by atoms with van der Waals surface area (Å²) in [7, 11) is 0. The van der Waals surface area contributed by atoms with Gasteiger partial charge in [0.1, 0.15) is 0 Å². The highest BCUT2D eigenvalue weighted by Gasteiger charge is 2.13. The van der Waals surface area contributed by atoms with E-state index in [-0.39, 0.29) is 25.5 Å². The van der Waals surface area contributed by atoms with E-state index in [2.05, 4.69) is 16.7 Å². The van der Waals surface area contributed by atoms with Gasteiger partial charge < -0.3 is 15.4 Å². The fourth-order valence-electron chi connectivity index (χ4n) is 2.66. The molecule has 2 amide bonds. The number of hydrogen-bond donors (Lipinski definition) is 2. The summed E-state index contributed by atoms with van der Waals surface area (Å²) >= 11 is 0. The number of amides is 2. The molecule has 6 heteroatoms. The molecule has 0 saturated heterocycles. The van der Waals surface area contributed by atoms with Gasteiger partial charge in [0.15, 0.2) is 6.61 Å². The van der Waals surface area contributed by atoms with E-state index in [0.717, 1.165) is 31.2 Å². The zero-order chi connectivity index (χ0) is 17.4. The van der Waals surface area contributed by atoms with E-state index in [9.17, 15) is 14.4 Å². The van der Waals surface area contributed by atoms with Crippen molar-refractivity contribution in [3.8, 4) is 0 Å². The van der Waals surface area contributed by atoms with Crippen LogP contribution in [0.3, 0.4) is 0 Å². The van der Waals surface area contributed by atoms with E-state index in [4.69, 9.17) is 4.74 Å². The molecule has 130 valence electrons. The summed E-state index contributed by atoms with van der Waals surface area (Å²) in [5, 5.41) is 5.06. The van der Waals surface area contributed by atoms with Crippen LogP contribution in [0.4, 0.5) is 0 Å². The lowest BCUT2D eigenvalue weighted by molar-refractivity contribution is -0.147. The number of fused-ring (bicyclic) bond motifs is 1. The molecule has 6 nitrogen and oxygen atoms in total. The van der Waals surface area contributed by atoms with Crippen molar-refractivity contribution in [2.45, 2.75) is 39.0 Å². The van der Waals surface area contributed by atoms with Crippen molar-refractivity contribution in [1.82, 2.24) is 10.6 Å². The summed E-state index contributed by atoms with van der Waals surface area (Å²) in [5.41, 5.74) is 3.56. The van der Waals surface area contributed by atoms with Crippen LogP contribution in [0.2, 0.25) is 0 Å². The summed E-state index contributed by atoms with van der Waals surface area (Å²) in [5.74, 6) is -1.18. The summed E-state index contributed by atoms with van der Waals surface area (Å²) < 4.78 is 4.96. The lowest BCUT2D eigenvalue weighted by atomic mass is 10.0. The van der Waals surface area contributed by atoms with Crippen LogP contribution in [0.15, 0.2) is 18.2 Å². The Morgan fingerprint density at radius 2 is 1.88 bits per heavy atom. The van der Waals surface area contributed by atoms with Gasteiger partial charge in [-0.15, -0.1) is 0 Å². The normalized spacial score (nSPS) is 12.4. The summed E-state index contributed by atoms with van der Waals surface area (Å²) in [6.07, 6.45) is 4.31. The average molecular weight is 332 g/mol. The Kier molecular flexibility index (Phi) is 6.78. The number of aryl methyl sites for hydroxylation is 2. The second kappa shape index (κ2) is 9.05. The molecule has 0 aromatic heterocycles. The SMILES string of the molecule is CCCNC(=O)CNC(=O)COC(=O)Cc1ccc2c(c1)CCC2. The monoisotopic (exact) mass is 332 g/mol. The predicted molar refractivity (Wildman–Crippen MR) is 89.4 cm³/mol. The number of nitrogens with one attached hydrogen (secondary N) is 2. The van der Waals surface area contributed by atoms with Crippen LogP contribution in [-0.2, 0) is 38.4 Å². The van der Waals surface area contributed by atoms with Crippen molar-refractivity contribution in [2.24, 2.45) is 0 Å². The zero-order valence-electron chi connectivity index (χ0n) is 14.0. The third-order valence-electron chi connectivity index (χ3n) is 3.89. The molecule has 0 spiro atoms. The van der Waals surface area contributed by atoms with Crippen LogP contribution < -0.4 is 10.6 Å². The molecule has 0 heterocycles. The van der Waals surface area contributed by atoms with Crippen LogP contribution in [0.1, 0.15) is 36.5 Å². The number of rotatable bonds is 8. The maximum atomic E-state index is 11.8. The van der Waals surface area contributed by atoms with Crippen LogP contribution >= 0.6 is 0 Å². The minimum atomic E-state index is -0.482. The molecule has 0 fully saturated rings. The second-order valence-corrected chi connectivity index (χ2v) is 5.92. The molecule has 2 rings (SSSR count). The second-order valence-electron chi connectivity index (χ2n) is 5.92. The molecule has 1 aliphatic rings. The van der Waals surface area contributed by atoms with Gasteiger partial charge in [-0.3, -0.25) is 14.4 Å². The van der Waals surface area contributed by atoms with Crippen LogP contribution in [0.5, 0.6) is 0 Å². The standard InChI is InChI=1S/C18H24N2O4/c1-2-8-19-16(21)11-20-17(22)12-24-18(23)10-13-6-7-14-4-3-5-15(14)9-13/h6-7,9H,2-5,8,10-12H2,1H3,(H,19,21)(H,20,22). The van der Waals surface area contributed by atoms with E-state index in [1.54, 1.807) is 0 Å². The fraction of sp³-hybridized carbons (Fsp3) is 0.500. The molecule has 0 radical (unpaired) electrons. The fourth-order valence-corrected chi connectivity index (χ4v) is 2.66.